The first-order chi connectivity index (χ1) is 13.1. The van der Waals surface area contributed by atoms with E-state index in [1.165, 1.54) is 24.3 Å². The first-order valence-electron chi connectivity index (χ1n) is 8.32. The van der Waals surface area contributed by atoms with Crippen LogP contribution < -0.4 is 0 Å². The molecule has 10 heteroatoms. The van der Waals surface area contributed by atoms with Crippen molar-refractivity contribution in [3.63, 3.8) is 0 Å². The molecular weight excluding hydrogens is 400 g/mol. The minimum atomic E-state index is -4.68. The summed E-state index contributed by atoms with van der Waals surface area (Å²) < 4.78 is 79.4. The molecule has 150 valence electrons. The molecule has 0 bridgehead atoms. The summed E-state index contributed by atoms with van der Waals surface area (Å²) in [5.41, 5.74) is -1.53. The number of nitrogens with zero attached hydrogens (tertiary/aromatic N) is 2. The summed E-state index contributed by atoms with van der Waals surface area (Å²) in [5, 5.41) is 0. The monoisotopic (exact) mass is 416 g/mol. The number of sulfonamides is 1. The number of carbonyl (C=O) groups excluding carboxylic acids is 1. The zero-order valence-electron chi connectivity index (χ0n) is 14.5. The SMILES string of the molecule is O=C(c1ccccc1C(F)(F)F)N1CCN(S(=O)(=O)c2ccccc2F)CC1. The Labute approximate surface area is 159 Å². The van der Waals surface area contributed by atoms with Gasteiger partial charge in [0.1, 0.15) is 10.7 Å². The van der Waals surface area contributed by atoms with Gasteiger partial charge in [-0.25, -0.2) is 12.8 Å². The first-order valence-corrected chi connectivity index (χ1v) is 9.76. The van der Waals surface area contributed by atoms with Crippen LogP contribution in [0.1, 0.15) is 15.9 Å². The summed E-state index contributed by atoms with van der Waals surface area (Å²) in [6.07, 6.45) is -4.68. The number of alkyl halides is 3. The van der Waals surface area contributed by atoms with Crippen molar-refractivity contribution in [2.75, 3.05) is 26.2 Å². The van der Waals surface area contributed by atoms with Crippen LogP contribution in [0.3, 0.4) is 0 Å². The summed E-state index contributed by atoms with van der Waals surface area (Å²) in [6, 6.07) is 9.37. The average Bonchev–Trinajstić information content (AvgIpc) is 2.67. The van der Waals surface area contributed by atoms with Crippen LogP contribution in [0.15, 0.2) is 53.4 Å². The van der Waals surface area contributed by atoms with E-state index in [9.17, 15) is 30.8 Å². The minimum absolute atomic E-state index is 0.0985. The molecular formula is C18H16F4N2O3S. The standard InChI is InChI=1S/C18H16F4N2O3S/c19-15-7-3-4-8-16(15)28(26,27)24-11-9-23(10-12-24)17(25)13-5-1-2-6-14(13)18(20,21)22/h1-8H,9-12H2. The molecule has 1 fully saturated rings. The predicted molar refractivity (Wildman–Crippen MR) is 92.5 cm³/mol. The second-order valence-electron chi connectivity index (χ2n) is 6.17. The maximum absolute atomic E-state index is 13.8. The Hall–Kier alpha value is -2.46. The van der Waals surface area contributed by atoms with Gasteiger partial charge in [0.2, 0.25) is 10.0 Å². The highest BCUT2D eigenvalue weighted by atomic mass is 32.2. The third-order valence-corrected chi connectivity index (χ3v) is 6.38. The molecule has 1 aliphatic rings. The topological polar surface area (TPSA) is 57.7 Å². The number of rotatable bonds is 3. The molecule has 0 N–H and O–H groups in total. The molecule has 0 unspecified atom stereocenters. The van der Waals surface area contributed by atoms with Crippen molar-refractivity contribution >= 4 is 15.9 Å². The molecule has 0 saturated carbocycles. The van der Waals surface area contributed by atoms with Crippen molar-refractivity contribution in [1.29, 1.82) is 0 Å². The number of carbonyl (C=O) groups is 1. The van der Waals surface area contributed by atoms with Crippen molar-refractivity contribution in [3.8, 4) is 0 Å². The largest absolute Gasteiger partial charge is 0.417 e. The van der Waals surface area contributed by atoms with Crippen LogP contribution in [0.4, 0.5) is 17.6 Å². The summed E-state index contributed by atoms with van der Waals surface area (Å²) in [6.45, 7) is -0.482. The van der Waals surface area contributed by atoms with Gasteiger partial charge in [-0.2, -0.15) is 17.5 Å². The smallest absolute Gasteiger partial charge is 0.336 e. The van der Waals surface area contributed by atoms with E-state index in [2.05, 4.69) is 0 Å². The normalized spacial score (nSPS) is 16.2. The maximum atomic E-state index is 13.8. The second-order valence-corrected chi connectivity index (χ2v) is 8.08. The van der Waals surface area contributed by atoms with Gasteiger partial charge in [0.25, 0.3) is 5.91 Å². The summed E-state index contributed by atoms with van der Waals surface area (Å²) in [7, 11) is -4.10. The van der Waals surface area contributed by atoms with Gasteiger partial charge in [0.15, 0.2) is 0 Å². The molecule has 0 spiro atoms. The van der Waals surface area contributed by atoms with Crippen molar-refractivity contribution in [3.05, 3.63) is 65.5 Å². The lowest BCUT2D eigenvalue weighted by atomic mass is 10.1. The molecule has 1 heterocycles. The van der Waals surface area contributed by atoms with Gasteiger partial charge in [0.05, 0.1) is 11.1 Å². The van der Waals surface area contributed by atoms with Gasteiger partial charge >= 0.3 is 6.18 Å². The second kappa shape index (κ2) is 7.51. The van der Waals surface area contributed by atoms with Crippen molar-refractivity contribution < 1.29 is 30.8 Å². The quantitative estimate of drug-likeness (QED) is 0.723. The Morgan fingerprint density at radius 1 is 0.893 bits per heavy atom. The number of halogens is 4. The van der Waals surface area contributed by atoms with Crippen molar-refractivity contribution in [2.45, 2.75) is 11.1 Å². The molecule has 5 nitrogen and oxygen atoms in total. The third-order valence-electron chi connectivity index (χ3n) is 4.44. The lowest BCUT2D eigenvalue weighted by Crippen LogP contribution is -2.50. The number of benzene rings is 2. The molecule has 1 saturated heterocycles. The first kappa shape index (κ1) is 20.3. The zero-order chi connectivity index (χ0) is 20.5. The van der Waals surface area contributed by atoms with Crippen LogP contribution in [0, 0.1) is 5.82 Å². The highest BCUT2D eigenvalue weighted by Gasteiger charge is 2.37. The average molecular weight is 416 g/mol. The fourth-order valence-electron chi connectivity index (χ4n) is 3.01. The highest BCUT2D eigenvalue weighted by Crippen LogP contribution is 2.32. The van der Waals surface area contributed by atoms with E-state index in [0.717, 1.165) is 33.5 Å². The molecule has 1 aliphatic heterocycles. The Balaban J connectivity index is 1.76. The van der Waals surface area contributed by atoms with Crippen LogP contribution in [-0.4, -0.2) is 49.7 Å². The molecule has 1 amide bonds. The number of hydrogen-bond acceptors (Lipinski definition) is 3. The molecule has 0 radical (unpaired) electrons. The van der Waals surface area contributed by atoms with Crippen LogP contribution in [0.5, 0.6) is 0 Å². The van der Waals surface area contributed by atoms with E-state index in [1.807, 2.05) is 0 Å². The Morgan fingerprint density at radius 2 is 1.46 bits per heavy atom. The van der Waals surface area contributed by atoms with Gasteiger partial charge in [-0.1, -0.05) is 24.3 Å². The van der Waals surface area contributed by atoms with Gasteiger partial charge in [-0.05, 0) is 24.3 Å². The molecule has 0 atom stereocenters. The van der Waals surface area contributed by atoms with Gasteiger partial charge in [-0.3, -0.25) is 4.79 Å². The van der Waals surface area contributed by atoms with E-state index in [-0.39, 0.29) is 26.2 Å². The van der Waals surface area contributed by atoms with E-state index in [1.54, 1.807) is 0 Å². The number of amides is 1. The van der Waals surface area contributed by atoms with Crippen LogP contribution >= 0.6 is 0 Å². The van der Waals surface area contributed by atoms with Gasteiger partial charge in [-0.15, -0.1) is 0 Å². The van der Waals surface area contributed by atoms with Crippen LogP contribution in [-0.2, 0) is 16.2 Å². The van der Waals surface area contributed by atoms with E-state index in [4.69, 9.17) is 0 Å². The van der Waals surface area contributed by atoms with Crippen LogP contribution in [0.2, 0.25) is 0 Å². The predicted octanol–water partition coefficient (Wildman–Crippen LogP) is 2.99. The molecule has 28 heavy (non-hydrogen) atoms. The molecule has 0 aliphatic carbocycles. The fourth-order valence-corrected chi connectivity index (χ4v) is 4.50. The van der Waals surface area contributed by atoms with E-state index >= 15 is 0 Å². The Bertz CT molecular complexity index is 984. The van der Waals surface area contributed by atoms with Crippen molar-refractivity contribution in [2.24, 2.45) is 0 Å². The fraction of sp³-hybridized carbons (Fsp3) is 0.278. The lowest BCUT2D eigenvalue weighted by molar-refractivity contribution is -0.138. The van der Waals surface area contributed by atoms with E-state index in [0.29, 0.717) is 0 Å². The highest BCUT2D eigenvalue weighted by molar-refractivity contribution is 7.89. The zero-order valence-corrected chi connectivity index (χ0v) is 15.3. The number of piperazine rings is 1. The molecule has 2 aromatic carbocycles. The summed E-state index contributed by atoms with van der Waals surface area (Å²) in [5.74, 6) is -1.71. The number of hydrogen-bond donors (Lipinski definition) is 0. The van der Waals surface area contributed by atoms with Gasteiger partial charge < -0.3 is 4.90 Å². The molecule has 2 aromatic rings. The summed E-state index contributed by atoms with van der Waals surface area (Å²) >= 11 is 0. The van der Waals surface area contributed by atoms with E-state index < -0.39 is 43.9 Å². The Kier molecular flexibility index (Phi) is 5.44. The van der Waals surface area contributed by atoms with Crippen molar-refractivity contribution in [1.82, 2.24) is 9.21 Å². The Morgan fingerprint density at radius 3 is 2.07 bits per heavy atom. The molecule has 0 aromatic heterocycles. The lowest BCUT2D eigenvalue weighted by Gasteiger charge is -2.34. The third kappa shape index (κ3) is 3.88. The minimum Gasteiger partial charge on any atom is -0.336 e. The maximum Gasteiger partial charge on any atom is 0.417 e. The summed E-state index contributed by atoms with van der Waals surface area (Å²) in [4.78, 5) is 13.2. The van der Waals surface area contributed by atoms with Gasteiger partial charge in [0, 0.05) is 26.2 Å². The molecule has 3 rings (SSSR count). The van der Waals surface area contributed by atoms with Crippen LogP contribution in [0.25, 0.3) is 0 Å².